The fraction of sp³-hybridized carbons (Fsp3) is 0.143. The first kappa shape index (κ1) is 20.6. The number of nitrogens with one attached hydrogen (secondary N) is 2. The highest BCUT2D eigenvalue weighted by Crippen LogP contribution is 2.27. The van der Waals surface area contributed by atoms with Gasteiger partial charge in [0.2, 0.25) is 0 Å². The van der Waals surface area contributed by atoms with Gasteiger partial charge in [-0.25, -0.2) is 0 Å². The molecule has 3 rings (SSSR count). The van der Waals surface area contributed by atoms with Crippen LogP contribution in [0.1, 0.15) is 17.3 Å². The molecule has 0 saturated carbocycles. The van der Waals surface area contributed by atoms with Crippen molar-refractivity contribution in [2.75, 3.05) is 7.11 Å². The van der Waals surface area contributed by atoms with E-state index >= 15 is 0 Å². The van der Waals surface area contributed by atoms with Crippen LogP contribution in [0.15, 0.2) is 60.7 Å². The standard InChI is InChI=1S/C21H19N3O6/c1-13(30-17-9-7-14-5-3-4-6-15(14)11-17)20(25)22-23-21(26)16-8-10-19(29-2)18(12-16)24(27)28/h3-13H,1-2H3,(H,22,25)(H,23,26)/t13-/m1/s1. The Bertz CT molecular complexity index is 1110. The first-order valence-electron chi connectivity index (χ1n) is 8.97. The summed E-state index contributed by atoms with van der Waals surface area (Å²) in [7, 11) is 1.29. The molecule has 0 aliphatic rings. The van der Waals surface area contributed by atoms with Crippen LogP contribution in [0.4, 0.5) is 5.69 Å². The number of nitrogens with zero attached hydrogens (tertiary/aromatic N) is 1. The van der Waals surface area contributed by atoms with Crippen LogP contribution in [-0.4, -0.2) is 30.0 Å². The van der Waals surface area contributed by atoms with Crippen molar-refractivity contribution in [2.24, 2.45) is 0 Å². The van der Waals surface area contributed by atoms with E-state index in [9.17, 15) is 19.7 Å². The van der Waals surface area contributed by atoms with E-state index in [1.54, 1.807) is 6.07 Å². The molecule has 0 bridgehead atoms. The molecular weight excluding hydrogens is 390 g/mol. The highest BCUT2D eigenvalue weighted by molar-refractivity contribution is 5.96. The fourth-order valence-corrected chi connectivity index (χ4v) is 2.76. The van der Waals surface area contributed by atoms with Crippen LogP contribution < -0.4 is 20.3 Å². The first-order valence-corrected chi connectivity index (χ1v) is 8.97. The molecule has 0 aliphatic heterocycles. The average molecular weight is 409 g/mol. The lowest BCUT2D eigenvalue weighted by Crippen LogP contribution is -2.47. The minimum atomic E-state index is -0.892. The van der Waals surface area contributed by atoms with Gasteiger partial charge in [-0.2, -0.15) is 0 Å². The van der Waals surface area contributed by atoms with Gasteiger partial charge < -0.3 is 9.47 Å². The molecule has 2 amide bonds. The SMILES string of the molecule is COc1ccc(C(=O)NNC(=O)[C@@H](C)Oc2ccc3ccccc3c2)cc1[N+](=O)[O-]. The minimum absolute atomic E-state index is 0.00843. The average Bonchev–Trinajstić information content (AvgIpc) is 2.76. The summed E-state index contributed by atoms with van der Waals surface area (Å²) in [6.45, 7) is 1.54. The van der Waals surface area contributed by atoms with Gasteiger partial charge in [0.25, 0.3) is 11.8 Å². The van der Waals surface area contributed by atoms with Crippen molar-refractivity contribution in [3.8, 4) is 11.5 Å². The van der Waals surface area contributed by atoms with E-state index in [0.717, 1.165) is 16.8 Å². The molecule has 9 heteroatoms. The zero-order valence-electron chi connectivity index (χ0n) is 16.2. The Labute approximate surface area is 171 Å². The van der Waals surface area contributed by atoms with Gasteiger partial charge in [0.15, 0.2) is 11.9 Å². The summed E-state index contributed by atoms with van der Waals surface area (Å²) in [6.07, 6.45) is -0.892. The number of methoxy groups -OCH3 is 1. The number of hydrazine groups is 1. The Morgan fingerprint density at radius 1 is 1.00 bits per heavy atom. The second-order valence-corrected chi connectivity index (χ2v) is 6.36. The van der Waals surface area contributed by atoms with Crippen molar-refractivity contribution in [3.05, 3.63) is 76.3 Å². The Balaban J connectivity index is 1.60. The van der Waals surface area contributed by atoms with Crippen LogP contribution in [0.3, 0.4) is 0 Å². The lowest BCUT2D eigenvalue weighted by atomic mass is 10.1. The molecule has 0 heterocycles. The predicted molar refractivity (Wildman–Crippen MR) is 109 cm³/mol. The first-order chi connectivity index (χ1) is 14.4. The molecule has 9 nitrogen and oxygen atoms in total. The van der Waals surface area contributed by atoms with Crippen molar-refractivity contribution in [2.45, 2.75) is 13.0 Å². The summed E-state index contributed by atoms with van der Waals surface area (Å²) in [5.41, 5.74) is 4.10. The highest BCUT2D eigenvalue weighted by Gasteiger charge is 2.20. The quantitative estimate of drug-likeness (QED) is 0.477. The normalized spacial score (nSPS) is 11.4. The van der Waals surface area contributed by atoms with Gasteiger partial charge in [-0.1, -0.05) is 30.3 Å². The summed E-state index contributed by atoms with van der Waals surface area (Å²) in [5.74, 6) is -0.766. The van der Waals surface area contributed by atoms with Crippen molar-refractivity contribution < 1.29 is 24.0 Å². The van der Waals surface area contributed by atoms with Gasteiger partial charge in [0.1, 0.15) is 5.75 Å². The van der Waals surface area contributed by atoms with Crippen LogP contribution in [0, 0.1) is 10.1 Å². The van der Waals surface area contributed by atoms with Crippen molar-refractivity contribution in [1.29, 1.82) is 0 Å². The zero-order chi connectivity index (χ0) is 21.7. The fourth-order valence-electron chi connectivity index (χ4n) is 2.76. The summed E-state index contributed by atoms with van der Waals surface area (Å²) >= 11 is 0. The maximum absolute atomic E-state index is 12.2. The monoisotopic (exact) mass is 409 g/mol. The summed E-state index contributed by atoms with van der Waals surface area (Å²) < 4.78 is 10.5. The number of carbonyl (C=O) groups is 2. The largest absolute Gasteiger partial charge is 0.490 e. The Morgan fingerprint density at radius 2 is 1.73 bits per heavy atom. The molecule has 3 aromatic rings. The Hall–Kier alpha value is -4.14. The van der Waals surface area contributed by atoms with Crippen LogP contribution in [-0.2, 0) is 4.79 Å². The van der Waals surface area contributed by atoms with E-state index in [-0.39, 0.29) is 17.0 Å². The van der Waals surface area contributed by atoms with Gasteiger partial charge in [-0.15, -0.1) is 0 Å². The van der Waals surface area contributed by atoms with Gasteiger partial charge in [-0.05, 0) is 42.0 Å². The maximum atomic E-state index is 12.2. The van der Waals surface area contributed by atoms with Crippen molar-refractivity contribution in [1.82, 2.24) is 10.9 Å². The molecular formula is C21H19N3O6. The number of benzene rings is 3. The van der Waals surface area contributed by atoms with E-state index < -0.39 is 22.8 Å². The van der Waals surface area contributed by atoms with E-state index in [1.165, 1.54) is 26.2 Å². The number of fused-ring (bicyclic) bond motifs is 1. The Kier molecular flexibility index (Phi) is 6.11. The van der Waals surface area contributed by atoms with Gasteiger partial charge in [0, 0.05) is 11.6 Å². The molecule has 0 aliphatic carbocycles. The summed E-state index contributed by atoms with van der Waals surface area (Å²) in [5, 5.41) is 13.1. The predicted octanol–water partition coefficient (Wildman–Crippen LogP) is 2.99. The van der Waals surface area contributed by atoms with Gasteiger partial charge >= 0.3 is 5.69 Å². The van der Waals surface area contributed by atoms with E-state index in [4.69, 9.17) is 9.47 Å². The van der Waals surface area contributed by atoms with Gasteiger partial charge in [-0.3, -0.25) is 30.6 Å². The number of nitro benzene ring substituents is 1. The van der Waals surface area contributed by atoms with E-state index in [1.807, 2.05) is 36.4 Å². The second kappa shape index (κ2) is 8.91. The summed E-state index contributed by atoms with van der Waals surface area (Å²) in [4.78, 5) is 34.9. The highest BCUT2D eigenvalue weighted by atomic mass is 16.6. The lowest BCUT2D eigenvalue weighted by Gasteiger charge is -2.15. The molecule has 2 N–H and O–H groups in total. The van der Waals surface area contributed by atoms with Crippen LogP contribution >= 0.6 is 0 Å². The van der Waals surface area contributed by atoms with Crippen LogP contribution in [0.2, 0.25) is 0 Å². The number of ether oxygens (including phenoxy) is 2. The third-order valence-electron chi connectivity index (χ3n) is 4.34. The minimum Gasteiger partial charge on any atom is -0.490 e. The lowest BCUT2D eigenvalue weighted by molar-refractivity contribution is -0.385. The number of amides is 2. The molecule has 0 fully saturated rings. The van der Waals surface area contributed by atoms with Crippen molar-refractivity contribution in [3.63, 3.8) is 0 Å². The maximum Gasteiger partial charge on any atom is 0.311 e. The third kappa shape index (κ3) is 4.64. The second-order valence-electron chi connectivity index (χ2n) is 6.36. The van der Waals surface area contributed by atoms with Crippen molar-refractivity contribution >= 4 is 28.3 Å². The van der Waals surface area contributed by atoms with E-state index in [0.29, 0.717) is 5.75 Å². The number of rotatable bonds is 6. The molecule has 0 radical (unpaired) electrons. The molecule has 0 unspecified atom stereocenters. The number of hydrogen-bond acceptors (Lipinski definition) is 6. The molecule has 1 atom stereocenters. The molecule has 3 aromatic carbocycles. The zero-order valence-corrected chi connectivity index (χ0v) is 16.2. The molecule has 0 aromatic heterocycles. The van der Waals surface area contributed by atoms with Gasteiger partial charge in [0.05, 0.1) is 12.0 Å². The molecule has 0 saturated heterocycles. The topological polar surface area (TPSA) is 120 Å². The Morgan fingerprint density at radius 3 is 2.43 bits per heavy atom. The molecule has 0 spiro atoms. The van der Waals surface area contributed by atoms with Crippen LogP contribution in [0.5, 0.6) is 11.5 Å². The smallest absolute Gasteiger partial charge is 0.311 e. The number of nitro groups is 1. The summed E-state index contributed by atoms with van der Waals surface area (Å²) in [6, 6.07) is 16.9. The number of hydrogen-bond donors (Lipinski definition) is 2. The molecule has 154 valence electrons. The third-order valence-corrected chi connectivity index (χ3v) is 4.34. The number of carbonyl (C=O) groups excluding carboxylic acids is 2. The molecule has 30 heavy (non-hydrogen) atoms. The van der Waals surface area contributed by atoms with E-state index in [2.05, 4.69) is 10.9 Å². The van der Waals surface area contributed by atoms with Crippen LogP contribution in [0.25, 0.3) is 10.8 Å².